The van der Waals surface area contributed by atoms with Crippen LogP contribution in [-0.4, -0.2) is 15.7 Å². The molecule has 0 radical (unpaired) electrons. The van der Waals surface area contributed by atoms with Crippen LogP contribution in [0.5, 0.6) is 0 Å². The Balaban J connectivity index is 2.40. The molecule has 0 amide bonds. The number of nitro groups is 1. The highest BCUT2D eigenvalue weighted by Crippen LogP contribution is 2.33. The molecule has 0 aliphatic rings. The lowest BCUT2D eigenvalue weighted by Crippen LogP contribution is -1.98. The minimum atomic E-state index is -0.527. The summed E-state index contributed by atoms with van der Waals surface area (Å²) < 4.78 is 5.44. The number of ketones is 1. The second kappa shape index (κ2) is 5.46. The van der Waals surface area contributed by atoms with E-state index in [0.29, 0.717) is 15.9 Å². The average molecular weight is 292 g/mol. The summed E-state index contributed by atoms with van der Waals surface area (Å²) in [4.78, 5) is 26.6. The number of aryl methyl sites for hydroxylation is 2. The quantitative estimate of drug-likeness (QED) is 0.486. The van der Waals surface area contributed by atoms with Crippen LogP contribution < -0.4 is 0 Å². The fourth-order valence-electron chi connectivity index (χ4n) is 1.58. The van der Waals surface area contributed by atoms with Gasteiger partial charge in [0, 0.05) is 22.6 Å². The van der Waals surface area contributed by atoms with Crippen LogP contribution in [-0.2, 0) is 0 Å². The molecule has 0 aliphatic carbocycles. The van der Waals surface area contributed by atoms with Crippen LogP contribution >= 0.6 is 11.8 Å². The van der Waals surface area contributed by atoms with E-state index in [0.717, 1.165) is 5.69 Å². The lowest BCUT2D eigenvalue weighted by atomic mass is 10.1. The van der Waals surface area contributed by atoms with Gasteiger partial charge >= 0.3 is 0 Å². The minimum Gasteiger partial charge on any atom is -0.436 e. The molecule has 0 saturated heterocycles. The maximum Gasteiger partial charge on any atom is 0.270 e. The Morgan fingerprint density at radius 1 is 1.40 bits per heavy atom. The average Bonchev–Trinajstić information content (AvgIpc) is 2.68. The van der Waals surface area contributed by atoms with Crippen molar-refractivity contribution in [1.29, 1.82) is 0 Å². The van der Waals surface area contributed by atoms with Crippen molar-refractivity contribution in [2.45, 2.75) is 30.9 Å². The zero-order valence-corrected chi connectivity index (χ0v) is 12.0. The zero-order valence-electron chi connectivity index (χ0n) is 11.2. The summed E-state index contributed by atoms with van der Waals surface area (Å²) >= 11 is 1.18. The number of benzene rings is 1. The molecule has 0 saturated carbocycles. The third-order valence-corrected chi connectivity index (χ3v) is 3.68. The van der Waals surface area contributed by atoms with E-state index >= 15 is 0 Å². The van der Waals surface area contributed by atoms with Gasteiger partial charge < -0.3 is 4.42 Å². The number of carbonyl (C=O) groups is 1. The van der Waals surface area contributed by atoms with Crippen molar-refractivity contribution in [3.8, 4) is 0 Å². The second-order valence-corrected chi connectivity index (χ2v) is 5.21. The van der Waals surface area contributed by atoms with Crippen LogP contribution in [0.4, 0.5) is 5.69 Å². The van der Waals surface area contributed by atoms with Gasteiger partial charge in [0.2, 0.25) is 0 Å². The summed E-state index contributed by atoms with van der Waals surface area (Å²) in [5.41, 5.74) is 0.954. The largest absolute Gasteiger partial charge is 0.436 e. The minimum absolute atomic E-state index is 0.112. The highest BCUT2D eigenvalue weighted by molar-refractivity contribution is 7.99. The number of hydrogen-bond acceptors (Lipinski definition) is 6. The van der Waals surface area contributed by atoms with E-state index < -0.39 is 4.92 Å². The van der Waals surface area contributed by atoms with Crippen molar-refractivity contribution in [1.82, 2.24) is 4.98 Å². The van der Waals surface area contributed by atoms with Crippen molar-refractivity contribution < 1.29 is 14.1 Å². The van der Waals surface area contributed by atoms with Crippen molar-refractivity contribution in [2.24, 2.45) is 0 Å². The fraction of sp³-hybridized carbons (Fsp3) is 0.231. The van der Waals surface area contributed by atoms with Gasteiger partial charge in [0.25, 0.3) is 10.9 Å². The SMILES string of the molecule is CC(=O)c1cc([N+](=O)[O-])ccc1Sc1nc(C)c(C)o1. The van der Waals surface area contributed by atoms with Gasteiger partial charge in [0.05, 0.1) is 10.6 Å². The Morgan fingerprint density at radius 3 is 2.60 bits per heavy atom. The highest BCUT2D eigenvalue weighted by Gasteiger charge is 2.17. The molecule has 0 atom stereocenters. The Labute approximate surface area is 119 Å². The van der Waals surface area contributed by atoms with Crippen molar-refractivity contribution >= 4 is 23.2 Å². The number of hydrogen-bond donors (Lipinski definition) is 0. The molecule has 1 heterocycles. The molecule has 20 heavy (non-hydrogen) atoms. The van der Waals surface area contributed by atoms with Crippen LogP contribution in [0, 0.1) is 24.0 Å². The molecular weight excluding hydrogens is 280 g/mol. The smallest absolute Gasteiger partial charge is 0.270 e. The van der Waals surface area contributed by atoms with Gasteiger partial charge in [0.1, 0.15) is 5.76 Å². The number of nitro benzene ring substituents is 1. The van der Waals surface area contributed by atoms with Crippen molar-refractivity contribution in [3.63, 3.8) is 0 Å². The van der Waals surface area contributed by atoms with Crippen LogP contribution in [0.1, 0.15) is 28.7 Å². The van der Waals surface area contributed by atoms with Gasteiger partial charge in [-0.2, -0.15) is 0 Å². The zero-order chi connectivity index (χ0) is 14.9. The van der Waals surface area contributed by atoms with E-state index in [4.69, 9.17) is 4.42 Å². The van der Waals surface area contributed by atoms with Gasteiger partial charge in [-0.25, -0.2) is 4.98 Å². The summed E-state index contributed by atoms with van der Waals surface area (Å²) in [6.07, 6.45) is 0. The number of aromatic nitrogens is 1. The fourth-order valence-corrected chi connectivity index (χ4v) is 2.56. The molecule has 1 aromatic carbocycles. The van der Waals surface area contributed by atoms with Crippen LogP contribution in [0.15, 0.2) is 32.7 Å². The first-order chi connectivity index (χ1) is 9.38. The molecule has 2 rings (SSSR count). The van der Waals surface area contributed by atoms with E-state index in [1.165, 1.54) is 36.9 Å². The van der Waals surface area contributed by atoms with Gasteiger partial charge in [-0.05, 0) is 38.6 Å². The molecule has 7 heteroatoms. The summed E-state index contributed by atoms with van der Waals surface area (Å²) in [5.74, 6) is 0.468. The molecule has 6 nitrogen and oxygen atoms in total. The van der Waals surface area contributed by atoms with Gasteiger partial charge in [-0.3, -0.25) is 14.9 Å². The van der Waals surface area contributed by atoms with E-state index in [1.54, 1.807) is 6.92 Å². The van der Waals surface area contributed by atoms with E-state index in [9.17, 15) is 14.9 Å². The van der Waals surface area contributed by atoms with Crippen LogP contribution in [0.3, 0.4) is 0 Å². The Morgan fingerprint density at radius 2 is 2.10 bits per heavy atom. The Bertz CT molecular complexity index is 674. The molecular formula is C13H12N2O4S. The molecule has 104 valence electrons. The van der Waals surface area contributed by atoms with Gasteiger partial charge in [0.15, 0.2) is 5.78 Å². The summed E-state index contributed by atoms with van der Waals surface area (Å²) in [5, 5.41) is 11.2. The molecule has 0 N–H and O–H groups in total. The number of carbonyl (C=O) groups excluding carboxylic acids is 1. The highest BCUT2D eigenvalue weighted by atomic mass is 32.2. The van der Waals surface area contributed by atoms with Gasteiger partial charge in [-0.1, -0.05) is 0 Å². The third kappa shape index (κ3) is 2.88. The van der Waals surface area contributed by atoms with E-state index in [2.05, 4.69) is 4.98 Å². The molecule has 0 spiro atoms. The maximum atomic E-state index is 11.6. The van der Waals surface area contributed by atoms with Crippen molar-refractivity contribution in [3.05, 3.63) is 45.3 Å². The third-order valence-electron chi connectivity index (χ3n) is 2.76. The molecule has 0 fully saturated rings. The number of Topliss-reactive ketones (excluding diaryl/α,β-unsaturated/α-hetero) is 1. The topological polar surface area (TPSA) is 86.2 Å². The molecule has 0 aliphatic heterocycles. The lowest BCUT2D eigenvalue weighted by molar-refractivity contribution is -0.384. The predicted octanol–water partition coefficient (Wildman–Crippen LogP) is 3.55. The normalized spacial score (nSPS) is 10.6. The Kier molecular flexibility index (Phi) is 3.89. The van der Waals surface area contributed by atoms with Crippen molar-refractivity contribution in [2.75, 3.05) is 0 Å². The first-order valence-corrected chi connectivity index (χ1v) is 6.61. The van der Waals surface area contributed by atoms with Crippen LogP contribution in [0.2, 0.25) is 0 Å². The molecule has 1 aromatic heterocycles. The maximum absolute atomic E-state index is 11.6. The number of rotatable bonds is 4. The molecule has 2 aromatic rings. The Hall–Kier alpha value is -2.15. The first kappa shape index (κ1) is 14.3. The summed E-state index contributed by atoms with van der Waals surface area (Å²) in [6.45, 7) is 4.99. The van der Waals surface area contributed by atoms with E-state index in [1.807, 2.05) is 6.92 Å². The molecule has 0 bridgehead atoms. The van der Waals surface area contributed by atoms with Crippen LogP contribution in [0.25, 0.3) is 0 Å². The summed E-state index contributed by atoms with van der Waals surface area (Å²) in [7, 11) is 0. The standard InChI is InChI=1S/C13H12N2O4S/c1-7-9(3)19-13(14-7)20-12-5-4-10(15(17)18)6-11(12)8(2)16/h4-6H,1-3H3. The number of non-ortho nitro benzene ring substituents is 1. The summed E-state index contributed by atoms with van der Waals surface area (Å²) in [6, 6.07) is 4.17. The lowest BCUT2D eigenvalue weighted by Gasteiger charge is -2.03. The van der Waals surface area contributed by atoms with E-state index in [-0.39, 0.29) is 17.0 Å². The first-order valence-electron chi connectivity index (χ1n) is 5.79. The molecule has 0 unspecified atom stereocenters. The second-order valence-electron chi connectivity index (χ2n) is 4.22. The van der Waals surface area contributed by atoms with Gasteiger partial charge in [-0.15, -0.1) is 0 Å². The monoisotopic (exact) mass is 292 g/mol. The predicted molar refractivity (Wildman–Crippen MR) is 73.2 cm³/mol. The number of oxazole rings is 1. The number of nitrogens with zero attached hydrogens (tertiary/aromatic N) is 2.